The van der Waals surface area contributed by atoms with Crippen LogP contribution in [0.25, 0.3) is 0 Å². The van der Waals surface area contributed by atoms with Gasteiger partial charge in [0.05, 0.1) is 17.4 Å². The fourth-order valence-corrected chi connectivity index (χ4v) is 2.23. The van der Waals surface area contributed by atoms with E-state index in [0.717, 1.165) is 17.9 Å². The molecule has 1 aromatic heterocycles. The van der Waals surface area contributed by atoms with E-state index in [1.54, 1.807) is 0 Å². The Morgan fingerprint density at radius 2 is 1.74 bits per heavy atom. The van der Waals surface area contributed by atoms with Crippen molar-refractivity contribution in [1.82, 2.24) is 15.5 Å². The standard InChI is InChI=1S/C16H21N3/c1-5-17-16(14-8-6-11(2)7-9-14)15-10-12(3)18-19-13(15)4/h6-10,16-17H,5H2,1-4H3. The number of rotatable bonds is 4. The van der Waals surface area contributed by atoms with Gasteiger partial charge in [-0.2, -0.15) is 10.2 Å². The molecule has 19 heavy (non-hydrogen) atoms. The van der Waals surface area contributed by atoms with Gasteiger partial charge >= 0.3 is 0 Å². The van der Waals surface area contributed by atoms with Crippen molar-refractivity contribution in [3.8, 4) is 0 Å². The zero-order chi connectivity index (χ0) is 13.8. The first-order valence-electron chi connectivity index (χ1n) is 6.72. The first kappa shape index (κ1) is 13.7. The molecule has 0 aliphatic heterocycles. The van der Waals surface area contributed by atoms with Gasteiger partial charge in [-0.3, -0.25) is 0 Å². The van der Waals surface area contributed by atoms with Crippen LogP contribution in [0.15, 0.2) is 30.3 Å². The Kier molecular flexibility index (Phi) is 4.27. The van der Waals surface area contributed by atoms with E-state index in [9.17, 15) is 0 Å². The molecule has 0 saturated heterocycles. The summed E-state index contributed by atoms with van der Waals surface area (Å²) in [5.74, 6) is 0. The van der Waals surface area contributed by atoms with E-state index >= 15 is 0 Å². The van der Waals surface area contributed by atoms with Gasteiger partial charge in [-0.1, -0.05) is 36.8 Å². The number of nitrogens with one attached hydrogen (secondary N) is 1. The average molecular weight is 255 g/mol. The molecule has 3 nitrogen and oxygen atoms in total. The highest BCUT2D eigenvalue weighted by atomic mass is 15.1. The van der Waals surface area contributed by atoms with E-state index in [1.165, 1.54) is 16.7 Å². The predicted octanol–water partition coefficient (Wildman–Crippen LogP) is 3.10. The van der Waals surface area contributed by atoms with Crippen LogP contribution < -0.4 is 5.32 Å². The van der Waals surface area contributed by atoms with E-state index in [1.807, 2.05) is 13.8 Å². The van der Waals surface area contributed by atoms with Crippen LogP contribution in [-0.2, 0) is 0 Å². The van der Waals surface area contributed by atoms with Gasteiger partial charge in [0, 0.05) is 0 Å². The van der Waals surface area contributed by atoms with Gasteiger partial charge in [0.15, 0.2) is 0 Å². The van der Waals surface area contributed by atoms with E-state index in [0.29, 0.717) is 0 Å². The lowest BCUT2D eigenvalue weighted by molar-refractivity contribution is 0.620. The molecule has 0 aliphatic rings. The van der Waals surface area contributed by atoms with Crippen LogP contribution in [0.2, 0.25) is 0 Å². The third kappa shape index (κ3) is 3.18. The molecule has 2 rings (SSSR count). The molecule has 0 radical (unpaired) electrons. The van der Waals surface area contributed by atoms with Crippen LogP contribution in [0.4, 0.5) is 0 Å². The van der Waals surface area contributed by atoms with E-state index in [4.69, 9.17) is 0 Å². The highest BCUT2D eigenvalue weighted by Gasteiger charge is 2.16. The maximum atomic E-state index is 4.23. The molecule has 0 spiro atoms. The summed E-state index contributed by atoms with van der Waals surface area (Å²) >= 11 is 0. The van der Waals surface area contributed by atoms with E-state index in [2.05, 4.69) is 59.7 Å². The summed E-state index contributed by atoms with van der Waals surface area (Å²) in [6.07, 6.45) is 0. The molecule has 1 atom stereocenters. The maximum Gasteiger partial charge on any atom is 0.0651 e. The van der Waals surface area contributed by atoms with Crippen LogP contribution in [0, 0.1) is 20.8 Å². The predicted molar refractivity (Wildman–Crippen MR) is 78.2 cm³/mol. The largest absolute Gasteiger partial charge is 0.306 e. The summed E-state index contributed by atoms with van der Waals surface area (Å²) in [6, 6.07) is 11.0. The van der Waals surface area contributed by atoms with Crippen molar-refractivity contribution < 1.29 is 0 Å². The Hall–Kier alpha value is -1.74. The summed E-state index contributed by atoms with van der Waals surface area (Å²) in [4.78, 5) is 0. The Labute approximate surface area is 115 Å². The smallest absolute Gasteiger partial charge is 0.0651 e. The van der Waals surface area contributed by atoms with Crippen molar-refractivity contribution in [1.29, 1.82) is 0 Å². The maximum absolute atomic E-state index is 4.23. The Bertz CT molecular complexity index is 546. The van der Waals surface area contributed by atoms with E-state index in [-0.39, 0.29) is 6.04 Å². The van der Waals surface area contributed by atoms with Crippen molar-refractivity contribution in [3.05, 3.63) is 58.4 Å². The van der Waals surface area contributed by atoms with Gasteiger partial charge < -0.3 is 5.32 Å². The SMILES string of the molecule is CCNC(c1ccc(C)cc1)c1cc(C)nnc1C. The lowest BCUT2D eigenvalue weighted by Gasteiger charge is -2.20. The molecule has 3 heteroatoms. The molecule has 0 saturated carbocycles. The second-order valence-corrected chi connectivity index (χ2v) is 4.93. The Morgan fingerprint density at radius 1 is 1.05 bits per heavy atom. The monoisotopic (exact) mass is 255 g/mol. The van der Waals surface area contributed by atoms with Crippen LogP contribution >= 0.6 is 0 Å². The van der Waals surface area contributed by atoms with Crippen molar-refractivity contribution in [3.63, 3.8) is 0 Å². The lowest BCUT2D eigenvalue weighted by atomic mass is 9.96. The minimum atomic E-state index is 0.180. The van der Waals surface area contributed by atoms with Gasteiger partial charge in [0.1, 0.15) is 0 Å². The normalized spacial score (nSPS) is 12.4. The Morgan fingerprint density at radius 3 is 2.37 bits per heavy atom. The average Bonchev–Trinajstić information content (AvgIpc) is 2.40. The first-order valence-corrected chi connectivity index (χ1v) is 6.72. The molecule has 0 aliphatic carbocycles. The number of hydrogen-bond donors (Lipinski definition) is 1. The highest BCUT2D eigenvalue weighted by Crippen LogP contribution is 2.24. The molecule has 1 aromatic carbocycles. The lowest BCUT2D eigenvalue weighted by Crippen LogP contribution is -2.23. The summed E-state index contributed by atoms with van der Waals surface area (Å²) in [6.45, 7) is 9.14. The zero-order valence-corrected chi connectivity index (χ0v) is 12.1. The highest BCUT2D eigenvalue weighted by molar-refractivity contribution is 5.35. The molecule has 1 N–H and O–H groups in total. The summed E-state index contributed by atoms with van der Waals surface area (Å²) < 4.78 is 0. The van der Waals surface area contributed by atoms with Crippen molar-refractivity contribution in [2.45, 2.75) is 33.7 Å². The number of hydrogen-bond acceptors (Lipinski definition) is 3. The number of aryl methyl sites for hydroxylation is 3. The summed E-state index contributed by atoms with van der Waals surface area (Å²) in [5, 5.41) is 11.9. The summed E-state index contributed by atoms with van der Waals surface area (Å²) in [7, 11) is 0. The third-order valence-corrected chi connectivity index (χ3v) is 3.27. The zero-order valence-electron chi connectivity index (χ0n) is 12.1. The molecule has 1 heterocycles. The van der Waals surface area contributed by atoms with Crippen LogP contribution in [-0.4, -0.2) is 16.7 Å². The van der Waals surface area contributed by atoms with Gasteiger partial charge in [-0.15, -0.1) is 0 Å². The molecule has 2 aromatic rings. The first-order chi connectivity index (χ1) is 9.11. The second kappa shape index (κ2) is 5.93. The third-order valence-electron chi connectivity index (χ3n) is 3.27. The molecule has 100 valence electrons. The minimum Gasteiger partial charge on any atom is -0.306 e. The van der Waals surface area contributed by atoms with Gasteiger partial charge in [-0.25, -0.2) is 0 Å². The van der Waals surface area contributed by atoms with Crippen molar-refractivity contribution >= 4 is 0 Å². The fourth-order valence-electron chi connectivity index (χ4n) is 2.23. The number of aromatic nitrogens is 2. The number of nitrogens with zero attached hydrogens (tertiary/aromatic N) is 2. The second-order valence-electron chi connectivity index (χ2n) is 4.93. The fraction of sp³-hybridized carbons (Fsp3) is 0.375. The van der Waals surface area contributed by atoms with Crippen molar-refractivity contribution in [2.24, 2.45) is 0 Å². The molecule has 0 fully saturated rings. The van der Waals surface area contributed by atoms with Gasteiger partial charge in [-0.05, 0) is 44.5 Å². The van der Waals surface area contributed by atoms with Gasteiger partial charge in [0.25, 0.3) is 0 Å². The molecule has 0 bridgehead atoms. The molecular weight excluding hydrogens is 234 g/mol. The Balaban J connectivity index is 2.44. The molecular formula is C16H21N3. The topological polar surface area (TPSA) is 37.8 Å². The van der Waals surface area contributed by atoms with Crippen LogP contribution in [0.3, 0.4) is 0 Å². The van der Waals surface area contributed by atoms with Crippen LogP contribution in [0.5, 0.6) is 0 Å². The number of benzene rings is 1. The van der Waals surface area contributed by atoms with E-state index < -0.39 is 0 Å². The summed E-state index contributed by atoms with van der Waals surface area (Å²) in [5.41, 5.74) is 5.69. The van der Waals surface area contributed by atoms with Gasteiger partial charge in [0.2, 0.25) is 0 Å². The molecule has 0 amide bonds. The van der Waals surface area contributed by atoms with Crippen molar-refractivity contribution in [2.75, 3.05) is 6.54 Å². The minimum absolute atomic E-state index is 0.180. The quantitative estimate of drug-likeness (QED) is 0.912. The van der Waals surface area contributed by atoms with Crippen LogP contribution in [0.1, 0.15) is 41.0 Å². The molecule has 1 unspecified atom stereocenters.